The molecule has 13 aliphatic carbocycles. The first-order valence-electron chi connectivity index (χ1n) is 50.6. The highest BCUT2D eigenvalue weighted by atomic mass is 16.5. The second-order valence-electron chi connectivity index (χ2n) is 42.4. The summed E-state index contributed by atoms with van der Waals surface area (Å²) in [4.78, 5) is 154. The topological polar surface area (TPSA) is 338 Å². The second-order valence-corrected chi connectivity index (χ2v) is 42.4. The van der Waals surface area contributed by atoms with Crippen molar-refractivity contribution in [1.29, 1.82) is 0 Å². The van der Waals surface area contributed by atoms with Crippen LogP contribution in [0.1, 0.15) is 264 Å². The number of carbonyl (C=O) groups is 6. The molecule has 746 valence electrons. The highest BCUT2D eigenvalue weighted by molar-refractivity contribution is 6.04. The largest absolute Gasteiger partial charge is 0.481 e. The van der Waals surface area contributed by atoms with Crippen molar-refractivity contribution in [2.75, 3.05) is 64.0 Å². The van der Waals surface area contributed by atoms with E-state index in [1.54, 1.807) is 14.2 Å². The molecule has 144 heavy (non-hydrogen) atoms. The quantitative estimate of drug-likeness (QED) is 0.0847. The zero-order valence-corrected chi connectivity index (χ0v) is 87.3. The van der Waals surface area contributed by atoms with Gasteiger partial charge in [-0.25, -0.2) is 73.9 Å². The highest BCUT2D eigenvalue weighted by Gasteiger charge is 2.57. The van der Waals surface area contributed by atoms with Gasteiger partial charge in [0.05, 0.1) is 94.4 Å². The molecule has 1 fully saturated rings. The first kappa shape index (κ1) is 104. The molecule has 0 radical (unpaired) electrons. The van der Waals surface area contributed by atoms with Crippen LogP contribution in [0.25, 0.3) is 40.5 Å². The number of ketones is 6. The number of aromatic nitrogens is 12. The van der Waals surface area contributed by atoms with Gasteiger partial charge in [0.25, 0.3) is 0 Å². The summed E-state index contributed by atoms with van der Waals surface area (Å²) in [6.45, 7) is 81.6. The van der Waals surface area contributed by atoms with Crippen LogP contribution in [0.4, 0.5) is 17.5 Å². The van der Waals surface area contributed by atoms with Crippen molar-refractivity contribution in [1.82, 2.24) is 59.8 Å². The number of carbonyl (C=O) groups excluding carboxylic acids is 6. The van der Waals surface area contributed by atoms with Crippen molar-refractivity contribution in [2.45, 2.75) is 266 Å². The fraction of sp³-hybridized carbons (Fsp3) is 0.526. The summed E-state index contributed by atoms with van der Waals surface area (Å²) in [6, 6.07) is 9.80. The Morgan fingerprint density at radius 2 is 0.681 bits per heavy atom. The molecule has 1 saturated carbocycles. The van der Waals surface area contributed by atoms with E-state index in [2.05, 4.69) is 118 Å². The minimum absolute atomic E-state index is 0.0204. The Morgan fingerprint density at radius 3 is 1.02 bits per heavy atom. The molecule has 6 heterocycles. The number of fused-ring (bicyclic) bond motifs is 18. The zero-order valence-electron chi connectivity index (χ0n) is 87.3. The molecule has 30 heteroatoms. The number of hydrogen-bond acceptors (Lipinski definition) is 24. The molecule has 0 spiro atoms. The molecule has 6 aromatic heterocycles. The number of ether oxygens (including phenoxy) is 3. The highest BCUT2D eigenvalue weighted by Crippen LogP contribution is 2.59. The Labute approximate surface area is 846 Å². The maximum Gasteiger partial charge on any atom is 0.226 e. The summed E-state index contributed by atoms with van der Waals surface area (Å²) < 4.78 is 16.9. The van der Waals surface area contributed by atoms with Crippen LogP contribution in [0.2, 0.25) is 0 Å². The van der Waals surface area contributed by atoms with Gasteiger partial charge in [0, 0.05) is 141 Å². The molecule has 1 aromatic carbocycles. The van der Waals surface area contributed by atoms with Crippen LogP contribution in [0.3, 0.4) is 0 Å². The number of rotatable bonds is 12. The lowest BCUT2D eigenvalue weighted by Gasteiger charge is -2.46. The van der Waals surface area contributed by atoms with Crippen LogP contribution in [-0.4, -0.2) is 143 Å². The molecule has 2 N–H and O–H groups in total. The lowest BCUT2D eigenvalue weighted by Crippen LogP contribution is -2.46. The van der Waals surface area contributed by atoms with Gasteiger partial charge in [0.1, 0.15) is 46.6 Å². The summed E-state index contributed by atoms with van der Waals surface area (Å²) in [5.41, 5.74) is 12.2. The van der Waals surface area contributed by atoms with Crippen molar-refractivity contribution in [3.05, 3.63) is 266 Å². The first-order chi connectivity index (χ1) is 68.5. The minimum atomic E-state index is -0.486. The summed E-state index contributed by atoms with van der Waals surface area (Å²) in [6.07, 6.45) is 26.0. The van der Waals surface area contributed by atoms with Crippen molar-refractivity contribution < 1.29 is 43.0 Å². The molecule has 7 aromatic rings. The van der Waals surface area contributed by atoms with Crippen LogP contribution in [0.5, 0.6) is 17.6 Å². The van der Waals surface area contributed by atoms with Crippen molar-refractivity contribution in [2.24, 2.45) is 71.0 Å². The predicted octanol–water partition coefficient (Wildman–Crippen LogP) is 19.4. The molecule has 20 rings (SSSR count). The van der Waals surface area contributed by atoms with Crippen LogP contribution in [0.15, 0.2) is 101 Å². The van der Waals surface area contributed by atoms with Gasteiger partial charge in [0.2, 0.25) is 51.8 Å². The lowest BCUT2D eigenvalue weighted by atomic mass is 9.58. The van der Waals surface area contributed by atoms with E-state index in [0.717, 1.165) is 217 Å². The minimum Gasteiger partial charge on any atom is -0.481 e. The average molecular weight is 1940 g/mol. The number of Topliss-reactive ketones (excluding diaryl/α,β-unsaturated/α-hetero) is 6. The van der Waals surface area contributed by atoms with E-state index >= 15 is 0 Å². The summed E-state index contributed by atoms with van der Waals surface area (Å²) in [7, 11) is 9.12. The van der Waals surface area contributed by atoms with Crippen molar-refractivity contribution in [3.63, 3.8) is 0 Å². The van der Waals surface area contributed by atoms with Gasteiger partial charge in [-0.05, 0) is 166 Å². The number of nitrogens with zero attached hydrogens (tertiary/aromatic N) is 19. The molecule has 0 amide bonds. The third-order valence-electron chi connectivity index (χ3n) is 33.4. The Balaban J connectivity index is 0.000000130. The number of hydrogen-bond donors (Lipinski definition) is 2. The van der Waals surface area contributed by atoms with Crippen LogP contribution in [-0.2, 0) is 99.8 Å². The molecule has 18 atom stereocenters. The number of aryl methyl sites for hydroxylation is 4. The number of benzene rings is 1. The third-order valence-corrected chi connectivity index (χ3v) is 33.4. The summed E-state index contributed by atoms with van der Waals surface area (Å²) >= 11 is 0. The fourth-order valence-corrected chi connectivity index (χ4v) is 25.8. The van der Waals surface area contributed by atoms with Gasteiger partial charge in [0.15, 0.2) is 40.5 Å². The molecular formula is C114H131N21O9. The van der Waals surface area contributed by atoms with Gasteiger partial charge in [-0.2, -0.15) is 15.0 Å². The molecular weight excluding hydrogens is 1810 g/mol. The maximum atomic E-state index is 12.5. The van der Waals surface area contributed by atoms with Crippen LogP contribution >= 0.6 is 0 Å². The zero-order chi connectivity index (χ0) is 104. The third kappa shape index (κ3) is 18.4. The fourth-order valence-electron chi connectivity index (χ4n) is 25.8. The average Bonchev–Trinajstić information content (AvgIpc) is 1.25. The Kier molecular flexibility index (Phi) is 29.6. The Bertz CT molecular complexity index is 6900. The normalized spacial score (nSPS) is 29.0. The molecule has 0 bridgehead atoms. The van der Waals surface area contributed by atoms with E-state index in [9.17, 15) is 28.8 Å². The molecule has 0 aliphatic heterocycles. The SMILES string of the molecule is [C-]#[N+]C1=C[C@]2(C)c3nc(-c4ccccc4)nc(OC)c3CC[C@H]2[C@H](C)C1=O.[C-]#[N+]C1=C[C@]2(C)c3nc(C)nc(N(C)C)c3CC[C@H]2[C@H](C)C1=O.[C-]#[N+]C1=C[C@]2(C)c3nc(C)nc(NC)c3CC[C@H]2[C@H](C)C1=O.[C-]#[N+]C1=C[C@]2(C)c3nc(C)nc(NCCCC)c3CC[C@H]2[C@H](C)C1=O.[C-]#[N+]C1=C[C@]2(C)c3nc(C)nc(OCC)c3CC[C@H]2[C@H](C)C1=O.[C-]#[N+]C1=C[C@]2(C)c3nc(C4CC4)nc(OC)c3CC[C@H]2[C@H](C)C1=O. The first-order valence-corrected chi connectivity index (χ1v) is 50.6. The van der Waals surface area contributed by atoms with Gasteiger partial charge in [-0.1, -0.05) is 163 Å². The van der Waals surface area contributed by atoms with Crippen molar-refractivity contribution >= 4 is 52.2 Å². The van der Waals surface area contributed by atoms with E-state index in [1.165, 1.54) is 0 Å². The monoisotopic (exact) mass is 1940 g/mol. The van der Waals surface area contributed by atoms with Gasteiger partial charge >= 0.3 is 0 Å². The number of unbranched alkanes of at least 4 members (excludes halogenated alkanes) is 1. The molecule has 13 aliphatic rings. The molecule has 0 saturated heterocycles. The van der Waals surface area contributed by atoms with E-state index in [-0.39, 0.29) is 156 Å². The van der Waals surface area contributed by atoms with E-state index in [1.807, 2.05) is 169 Å². The van der Waals surface area contributed by atoms with Gasteiger partial charge < -0.3 is 58.5 Å². The van der Waals surface area contributed by atoms with E-state index < -0.39 is 16.2 Å². The smallest absolute Gasteiger partial charge is 0.226 e. The summed E-state index contributed by atoms with van der Waals surface area (Å²) in [5, 5.41) is 6.63. The van der Waals surface area contributed by atoms with Crippen LogP contribution in [0, 0.1) is 138 Å². The van der Waals surface area contributed by atoms with E-state index in [4.69, 9.17) is 83.5 Å². The van der Waals surface area contributed by atoms with Crippen LogP contribution < -0.4 is 29.7 Å². The second kappa shape index (κ2) is 41.0. The van der Waals surface area contributed by atoms with Gasteiger partial charge in [-0.15, -0.1) is 0 Å². The molecule has 30 nitrogen and oxygen atoms in total. The Morgan fingerprint density at radius 1 is 0.375 bits per heavy atom. The molecule has 0 unspecified atom stereocenters. The number of methoxy groups -OCH3 is 2. The predicted molar refractivity (Wildman–Crippen MR) is 548 cm³/mol. The summed E-state index contributed by atoms with van der Waals surface area (Å²) in [5.74, 6) is 9.31. The number of nitrogens with one attached hydrogen (secondary N) is 2. The van der Waals surface area contributed by atoms with Crippen molar-refractivity contribution in [3.8, 4) is 29.0 Å². The Hall–Kier alpha value is -14.1. The number of anilines is 3. The van der Waals surface area contributed by atoms with Gasteiger partial charge in [-0.3, -0.25) is 0 Å². The standard InChI is InChI=1S/C22H21N3O2.C20H26N4O.C19H21N3O2.C18H22N4O.C18H21N3O2.C17H20N4O/c1-13-16-11-10-15-19(22(16,2)12-17(23-3)18(13)26)24-20(25-21(15)27-4)14-8-6-5-7-9-14;1-6-7-10-22-19-14-8-9-15-12(2)17(25)16(21-5)11-20(15,4)18(14)23-13(3)24-19;1-10-13-8-7-12-16(19(13,2)9-14(20-3)15(10)23)21-17(11-5-6-11)22-18(12)24-4;1-10-13-8-7-12-16(20-11(2)21-17(12)22(5)6)18(13,3)9-14(19-4)15(10)23;1-6-23-17-12-7-8-13-10(2)15(22)14(19-5)9-18(13,4)16(12)20-11(3)21-17;1-9-12-7-6-11-15(20-10(2)21-16(11)19-5)17(12,3)8-13(18-4)14(9)22/h5-9,12-13,16H,10-11H2,1-2,4H3;11-12,15H,6-10H2,1-4H3,(H,22,23,24);9-11,13H,5-8H2,1-2,4H3;9-10,13H,7-8H2,1-3,5-6H3;9-10,13H,6-8H2,1-4H3;8-9,12H,6-7H2,1-3,5H3,(H,19,20,21)/t13-,16-,22-;12-,15-,20-;10-,13-,19-;2*10-,13-,18-;9-,12-,17-/m000000/s1. The maximum absolute atomic E-state index is 12.5. The van der Waals surface area contributed by atoms with E-state index in [0.29, 0.717) is 47.6 Å². The lowest BCUT2D eigenvalue weighted by molar-refractivity contribution is -0.122. The number of allylic oxidation sites excluding steroid dienone is 12.